The van der Waals surface area contributed by atoms with Crippen LogP contribution in [0, 0.1) is 0 Å². The molecule has 0 amide bonds. The molecule has 1 N–H and O–H groups in total. The Morgan fingerprint density at radius 1 is 0.667 bits per heavy atom. The molecule has 114 valence electrons. The predicted molar refractivity (Wildman–Crippen MR) is 106 cm³/mol. The standard InChI is InChI=1S/C22H14BrN/c23-16-10-11-19-18(13-16)22-20(24-19)12-15-8-4-5-9-17(15)21(22)14-6-2-1-3-7-14/h1-13,24H. The first-order valence-corrected chi connectivity index (χ1v) is 8.79. The van der Waals surface area contributed by atoms with E-state index < -0.39 is 0 Å². The number of fused-ring (bicyclic) bond motifs is 4. The molecule has 0 radical (unpaired) electrons. The number of H-pyrrole nitrogens is 1. The highest BCUT2D eigenvalue weighted by atomic mass is 79.9. The van der Waals surface area contributed by atoms with Gasteiger partial charge in [0.1, 0.15) is 0 Å². The van der Waals surface area contributed by atoms with Crippen molar-refractivity contribution in [3.63, 3.8) is 0 Å². The second kappa shape index (κ2) is 5.22. The van der Waals surface area contributed by atoms with E-state index in [-0.39, 0.29) is 0 Å². The van der Waals surface area contributed by atoms with Gasteiger partial charge in [0.05, 0.1) is 0 Å². The first-order chi connectivity index (χ1) is 11.8. The molecule has 0 saturated heterocycles. The first-order valence-electron chi connectivity index (χ1n) is 7.99. The zero-order chi connectivity index (χ0) is 16.1. The maximum absolute atomic E-state index is 3.62. The maximum atomic E-state index is 3.62. The van der Waals surface area contributed by atoms with Crippen molar-refractivity contribution in [3.8, 4) is 11.1 Å². The highest BCUT2D eigenvalue weighted by Gasteiger charge is 2.14. The molecule has 0 fully saturated rings. The molecule has 1 aromatic heterocycles. The second-order valence-electron chi connectivity index (χ2n) is 6.08. The highest BCUT2D eigenvalue weighted by molar-refractivity contribution is 9.10. The fourth-order valence-corrected chi connectivity index (χ4v) is 3.97. The summed E-state index contributed by atoms with van der Waals surface area (Å²) < 4.78 is 1.10. The third-order valence-electron chi connectivity index (χ3n) is 4.63. The molecule has 5 aromatic rings. The second-order valence-corrected chi connectivity index (χ2v) is 6.99. The molecule has 5 rings (SSSR count). The quantitative estimate of drug-likeness (QED) is 0.329. The Balaban J connectivity index is 2.08. The van der Waals surface area contributed by atoms with Crippen LogP contribution in [0.25, 0.3) is 43.7 Å². The third kappa shape index (κ3) is 2.00. The lowest BCUT2D eigenvalue weighted by Crippen LogP contribution is -1.84. The van der Waals surface area contributed by atoms with Gasteiger partial charge in [0, 0.05) is 26.3 Å². The van der Waals surface area contributed by atoms with Crippen molar-refractivity contribution in [3.05, 3.63) is 83.3 Å². The van der Waals surface area contributed by atoms with Gasteiger partial charge in [0.25, 0.3) is 0 Å². The lowest BCUT2D eigenvalue weighted by molar-refractivity contribution is 1.55. The minimum Gasteiger partial charge on any atom is -0.354 e. The molecule has 0 atom stereocenters. The summed E-state index contributed by atoms with van der Waals surface area (Å²) in [5.41, 5.74) is 4.90. The van der Waals surface area contributed by atoms with E-state index in [9.17, 15) is 0 Å². The van der Waals surface area contributed by atoms with E-state index in [0.717, 1.165) is 4.47 Å². The van der Waals surface area contributed by atoms with Gasteiger partial charge in [-0.15, -0.1) is 0 Å². The fourth-order valence-electron chi connectivity index (χ4n) is 3.61. The summed E-state index contributed by atoms with van der Waals surface area (Å²) in [5, 5.41) is 5.09. The Labute approximate surface area is 148 Å². The van der Waals surface area contributed by atoms with E-state index in [1.54, 1.807) is 0 Å². The van der Waals surface area contributed by atoms with Crippen LogP contribution in [0.15, 0.2) is 83.3 Å². The van der Waals surface area contributed by atoms with E-state index in [1.807, 2.05) is 0 Å². The number of halogens is 1. The van der Waals surface area contributed by atoms with Crippen LogP contribution < -0.4 is 0 Å². The molecule has 4 aromatic carbocycles. The zero-order valence-corrected chi connectivity index (χ0v) is 14.5. The van der Waals surface area contributed by atoms with E-state index >= 15 is 0 Å². The third-order valence-corrected chi connectivity index (χ3v) is 5.13. The van der Waals surface area contributed by atoms with Crippen LogP contribution in [0.4, 0.5) is 0 Å². The van der Waals surface area contributed by atoms with Gasteiger partial charge < -0.3 is 4.98 Å². The van der Waals surface area contributed by atoms with Gasteiger partial charge in [-0.1, -0.05) is 70.5 Å². The van der Waals surface area contributed by atoms with Crippen molar-refractivity contribution in [1.82, 2.24) is 4.98 Å². The van der Waals surface area contributed by atoms with Crippen LogP contribution in [0.1, 0.15) is 0 Å². The van der Waals surface area contributed by atoms with Gasteiger partial charge in [-0.05, 0) is 46.2 Å². The molecule has 1 heterocycles. The molecule has 24 heavy (non-hydrogen) atoms. The van der Waals surface area contributed by atoms with Gasteiger partial charge in [0.2, 0.25) is 0 Å². The van der Waals surface area contributed by atoms with Crippen molar-refractivity contribution < 1.29 is 0 Å². The molecule has 0 bridgehead atoms. The van der Waals surface area contributed by atoms with Crippen molar-refractivity contribution >= 4 is 48.5 Å². The lowest BCUT2D eigenvalue weighted by atomic mass is 9.93. The Morgan fingerprint density at radius 3 is 2.33 bits per heavy atom. The van der Waals surface area contributed by atoms with Gasteiger partial charge in [-0.25, -0.2) is 0 Å². The number of rotatable bonds is 1. The monoisotopic (exact) mass is 371 g/mol. The van der Waals surface area contributed by atoms with Crippen molar-refractivity contribution in [1.29, 1.82) is 0 Å². The predicted octanol–water partition coefficient (Wildman–Crippen LogP) is 6.90. The SMILES string of the molecule is Brc1ccc2[nH]c3cc4ccccc4c(-c4ccccc4)c3c2c1. The average molecular weight is 372 g/mol. The highest BCUT2D eigenvalue weighted by Crippen LogP contribution is 2.40. The molecule has 1 nitrogen and oxygen atoms in total. The summed E-state index contributed by atoms with van der Waals surface area (Å²) in [4.78, 5) is 3.59. The van der Waals surface area contributed by atoms with Crippen LogP contribution in [0.2, 0.25) is 0 Å². The summed E-state index contributed by atoms with van der Waals surface area (Å²) >= 11 is 3.62. The van der Waals surface area contributed by atoms with E-state index in [4.69, 9.17) is 0 Å². The minimum atomic E-state index is 1.10. The van der Waals surface area contributed by atoms with Gasteiger partial charge >= 0.3 is 0 Å². The normalized spacial score (nSPS) is 11.5. The molecule has 0 spiro atoms. The number of hydrogen-bond donors (Lipinski definition) is 1. The van der Waals surface area contributed by atoms with Crippen LogP contribution in [-0.2, 0) is 0 Å². The Hall–Kier alpha value is -2.58. The smallest absolute Gasteiger partial charge is 0.0477 e. The van der Waals surface area contributed by atoms with E-state index in [0.29, 0.717) is 0 Å². The Kier molecular flexibility index (Phi) is 3.00. The summed E-state index contributed by atoms with van der Waals surface area (Å²) in [6.45, 7) is 0. The average Bonchev–Trinajstić information content (AvgIpc) is 2.97. The number of aromatic nitrogens is 1. The summed E-state index contributed by atoms with van der Waals surface area (Å²) in [5.74, 6) is 0. The van der Waals surface area contributed by atoms with E-state index in [1.165, 1.54) is 43.7 Å². The number of aromatic amines is 1. The fraction of sp³-hybridized carbons (Fsp3) is 0. The Morgan fingerprint density at radius 2 is 1.46 bits per heavy atom. The van der Waals surface area contributed by atoms with Crippen molar-refractivity contribution in [2.45, 2.75) is 0 Å². The van der Waals surface area contributed by atoms with Crippen molar-refractivity contribution in [2.75, 3.05) is 0 Å². The topological polar surface area (TPSA) is 15.8 Å². The molecule has 0 saturated carbocycles. The zero-order valence-electron chi connectivity index (χ0n) is 12.9. The molecule has 0 unspecified atom stereocenters. The summed E-state index contributed by atoms with van der Waals surface area (Å²) in [6.07, 6.45) is 0. The van der Waals surface area contributed by atoms with Crippen LogP contribution >= 0.6 is 15.9 Å². The number of hydrogen-bond acceptors (Lipinski definition) is 0. The van der Waals surface area contributed by atoms with Gasteiger partial charge in [-0.2, -0.15) is 0 Å². The molecule has 0 aliphatic carbocycles. The van der Waals surface area contributed by atoms with Crippen LogP contribution in [0.5, 0.6) is 0 Å². The number of nitrogens with one attached hydrogen (secondary N) is 1. The van der Waals surface area contributed by atoms with Crippen LogP contribution in [-0.4, -0.2) is 4.98 Å². The largest absolute Gasteiger partial charge is 0.354 e. The van der Waals surface area contributed by atoms with E-state index in [2.05, 4.69) is 99.8 Å². The Bertz CT molecular complexity index is 1200. The first kappa shape index (κ1) is 13.8. The molecule has 2 heteroatoms. The minimum absolute atomic E-state index is 1.10. The molecular formula is C22H14BrN. The van der Waals surface area contributed by atoms with Gasteiger partial charge in [0.15, 0.2) is 0 Å². The summed E-state index contributed by atoms with van der Waals surface area (Å²) in [6, 6.07) is 28.0. The van der Waals surface area contributed by atoms with Crippen LogP contribution in [0.3, 0.4) is 0 Å². The molecule has 0 aliphatic heterocycles. The summed E-state index contributed by atoms with van der Waals surface area (Å²) in [7, 11) is 0. The molecule has 0 aliphatic rings. The maximum Gasteiger partial charge on any atom is 0.0477 e. The van der Waals surface area contributed by atoms with Gasteiger partial charge in [-0.3, -0.25) is 0 Å². The molecular weight excluding hydrogens is 358 g/mol. The van der Waals surface area contributed by atoms with Crippen molar-refractivity contribution in [2.24, 2.45) is 0 Å². The lowest BCUT2D eigenvalue weighted by Gasteiger charge is -2.10. The number of benzene rings is 4.